The molecule has 7 nitrogen and oxygen atoms in total. The van der Waals surface area contributed by atoms with Crippen molar-refractivity contribution >= 4 is 11.8 Å². The standard InChI is InChI=1S/C29H30F3N3O4/c1-16-10-18(28(36)37)13-34-27(16)35-19-8-9-20(35)12-21(11-19)38-15-24-23(14-33-26(24)17-6-7-17)22-4-2-3-5-25(22)39-29(30,31)32/h2-5,10,13-14,17,19-21,33H,6-9,11-12,15H2,1H3,(H,36,37). The number of carboxylic acids is 1. The number of para-hydroxylation sites is 1. The minimum absolute atomic E-state index is 0.00817. The predicted octanol–water partition coefficient (Wildman–Crippen LogP) is 6.58. The van der Waals surface area contributed by atoms with Crippen LogP contribution >= 0.6 is 0 Å². The maximum atomic E-state index is 13.1. The quantitative estimate of drug-likeness (QED) is 0.335. The van der Waals surface area contributed by atoms with Crippen molar-refractivity contribution in [2.24, 2.45) is 0 Å². The number of aromatic amines is 1. The van der Waals surface area contributed by atoms with Gasteiger partial charge >= 0.3 is 12.3 Å². The van der Waals surface area contributed by atoms with E-state index >= 15 is 0 Å². The van der Waals surface area contributed by atoms with Gasteiger partial charge in [0.25, 0.3) is 0 Å². The molecule has 3 fully saturated rings. The molecule has 0 spiro atoms. The number of aromatic carboxylic acids is 1. The number of ether oxygens (including phenoxy) is 2. The van der Waals surface area contributed by atoms with Crippen LogP contribution in [0.5, 0.6) is 5.75 Å². The van der Waals surface area contributed by atoms with E-state index in [1.807, 2.05) is 6.92 Å². The van der Waals surface area contributed by atoms with Crippen LogP contribution in [0.4, 0.5) is 19.0 Å². The van der Waals surface area contributed by atoms with Gasteiger partial charge in [-0.25, -0.2) is 9.78 Å². The fraction of sp³-hybridized carbons (Fsp3) is 0.448. The molecular formula is C29H30F3N3O4. The number of H-pyrrole nitrogens is 1. The average molecular weight is 542 g/mol. The number of fused-ring (bicyclic) bond motifs is 2. The first-order valence-corrected chi connectivity index (χ1v) is 13.3. The van der Waals surface area contributed by atoms with Gasteiger partial charge in [0, 0.05) is 46.9 Å². The lowest BCUT2D eigenvalue weighted by molar-refractivity contribution is -0.274. The molecule has 3 aromatic rings. The zero-order valence-corrected chi connectivity index (χ0v) is 21.5. The monoisotopic (exact) mass is 541 g/mol. The molecule has 2 bridgehead atoms. The molecule has 0 amide bonds. The molecule has 2 saturated heterocycles. The normalized spacial score (nSPS) is 22.8. The molecule has 2 atom stereocenters. The van der Waals surface area contributed by atoms with Gasteiger partial charge in [-0.05, 0) is 69.1 Å². The maximum Gasteiger partial charge on any atom is 0.573 e. The van der Waals surface area contributed by atoms with Gasteiger partial charge in [-0.1, -0.05) is 18.2 Å². The van der Waals surface area contributed by atoms with Crippen molar-refractivity contribution in [2.45, 2.75) is 82.5 Å². The highest BCUT2D eigenvalue weighted by Gasteiger charge is 2.43. The summed E-state index contributed by atoms with van der Waals surface area (Å²) in [5.41, 5.74) is 4.01. The van der Waals surface area contributed by atoms with Crippen LogP contribution in [-0.2, 0) is 11.3 Å². The number of hydrogen-bond acceptors (Lipinski definition) is 5. The molecule has 6 rings (SSSR count). The molecule has 1 aromatic carbocycles. The smallest absolute Gasteiger partial charge is 0.478 e. The van der Waals surface area contributed by atoms with E-state index in [1.54, 1.807) is 24.4 Å². The van der Waals surface area contributed by atoms with Gasteiger partial charge in [0.2, 0.25) is 0 Å². The topological polar surface area (TPSA) is 87.7 Å². The third-order valence-electron chi connectivity index (χ3n) is 8.11. The molecule has 1 saturated carbocycles. The Kier molecular flexibility index (Phi) is 6.53. The minimum Gasteiger partial charge on any atom is -0.478 e. The molecule has 2 aromatic heterocycles. The Morgan fingerprint density at radius 2 is 1.85 bits per heavy atom. The fourth-order valence-corrected chi connectivity index (χ4v) is 6.27. The third kappa shape index (κ3) is 5.22. The lowest BCUT2D eigenvalue weighted by Gasteiger charge is -2.40. The third-order valence-corrected chi connectivity index (χ3v) is 8.11. The zero-order chi connectivity index (χ0) is 27.3. The summed E-state index contributed by atoms with van der Waals surface area (Å²) in [7, 11) is 0. The van der Waals surface area contributed by atoms with Gasteiger partial charge in [-0.2, -0.15) is 0 Å². The lowest BCUT2D eigenvalue weighted by atomic mass is 9.98. The summed E-state index contributed by atoms with van der Waals surface area (Å²) < 4.78 is 50.1. The van der Waals surface area contributed by atoms with Crippen molar-refractivity contribution in [1.82, 2.24) is 9.97 Å². The van der Waals surface area contributed by atoms with E-state index in [2.05, 4.69) is 19.6 Å². The molecular weight excluding hydrogens is 511 g/mol. The van der Waals surface area contributed by atoms with Crippen molar-refractivity contribution in [3.8, 4) is 16.9 Å². The fourth-order valence-electron chi connectivity index (χ4n) is 6.27. The number of alkyl halides is 3. The largest absolute Gasteiger partial charge is 0.573 e. The summed E-state index contributed by atoms with van der Waals surface area (Å²) in [6.07, 6.45) is 4.15. The number of benzene rings is 1. The Hall–Kier alpha value is -3.53. The van der Waals surface area contributed by atoms with Gasteiger partial charge in [0.05, 0.1) is 18.3 Å². The molecule has 2 aliphatic heterocycles. The molecule has 4 heterocycles. The molecule has 39 heavy (non-hydrogen) atoms. The highest BCUT2D eigenvalue weighted by atomic mass is 19.4. The van der Waals surface area contributed by atoms with Gasteiger partial charge in [0.1, 0.15) is 11.6 Å². The number of halogens is 3. The van der Waals surface area contributed by atoms with Crippen LogP contribution in [0.15, 0.2) is 42.7 Å². The number of anilines is 1. The Morgan fingerprint density at radius 3 is 2.49 bits per heavy atom. The number of rotatable bonds is 8. The summed E-state index contributed by atoms with van der Waals surface area (Å²) in [4.78, 5) is 21.5. The first-order valence-electron chi connectivity index (χ1n) is 13.3. The van der Waals surface area contributed by atoms with E-state index in [9.17, 15) is 23.1 Å². The molecule has 2 N–H and O–H groups in total. The number of aryl methyl sites for hydroxylation is 1. The lowest BCUT2D eigenvalue weighted by Crippen LogP contribution is -2.46. The summed E-state index contributed by atoms with van der Waals surface area (Å²) in [6.45, 7) is 2.20. The Labute approximate surface area is 224 Å². The first kappa shape index (κ1) is 25.7. The van der Waals surface area contributed by atoms with E-state index in [4.69, 9.17) is 4.74 Å². The summed E-state index contributed by atoms with van der Waals surface area (Å²) >= 11 is 0. The molecule has 10 heteroatoms. The van der Waals surface area contributed by atoms with E-state index in [0.717, 1.165) is 61.2 Å². The summed E-state index contributed by atoms with van der Waals surface area (Å²) in [5.74, 6) is -0.0182. The second-order valence-corrected chi connectivity index (χ2v) is 10.8. The van der Waals surface area contributed by atoms with Crippen LogP contribution < -0.4 is 9.64 Å². The van der Waals surface area contributed by atoms with Crippen molar-refractivity contribution in [3.63, 3.8) is 0 Å². The van der Waals surface area contributed by atoms with Crippen molar-refractivity contribution in [1.29, 1.82) is 0 Å². The molecule has 206 valence electrons. The highest BCUT2D eigenvalue weighted by molar-refractivity contribution is 5.87. The van der Waals surface area contributed by atoms with Crippen LogP contribution in [0.25, 0.3) is 11.1 Å². The Morgan fingerprint density at radius 1 is 1.13 bits per heavy atom. The van der Waals surface area contributed by atoms with Gasteiger partial charge < -0.3 is 24.5 Å². The van der Waals surface area contributed by atoms with Crippen LogP contribution in [0.1, 0.15) is 71.6 Å². The van der Waals surface area contributed by atoms with E-state index in [0.29, 0.717) is 23.7 Å². The van der Waals surface area contributed by atoms with Crippen LogP contribution in [0.3, 0.4) is 0 Å². The first-order chi connectivity index (χ1) is 18.7. The SMILES string of the molecule is Cc1cc(C(=O)O)cnc1N1C2CCC1CC(OCc1c(-c3ccccc3OC(F)(F)F)c[nH]c1C1CC1)C2. The maximum absolute atomic E-state index is 13.1. The summed E-state index contributed by atoms with van der Waals surface area (Å²) in [5, 5.41) is 9.28. The molecule has 0 radical (unpaired) electrons. The van der Waals surface area contributed by atoms with Crippen molar-refractivity contribution in [2.75, 3.05) is 4.90 Å². The molecule has 2 unspecified atom stereocenters. The number of carboxylic acid groups (broad SMARTS) is 1. The number of aromatic nitrogens is 2. The summed E-state index contributed by atoms with van der Waals surface area (Å²) in [6, 6.07) is 8.37. The average Bonchev–Trinajstić information content (AvgIpc) is 3.59. The Bertz CT molecular complexity index is 1370. The van der Waals surface area contributed by atoms with Crippen LogP contribution in [-0.4, -0.2) is 45.6 Å². The molecule has 1 aliphatic carbocycles. The molecule has 3 aliphatic rings. The van der Waals surface area contributed by atoms with Gasteiger partial charge in [0.15, 0.2) is 0 Å². The van der Waals surface area contributed by atoms with E-state index < -0.39 is 12.3 Å². The Balaban J connectivity index is 1.20. The zero-order valence-electron chi connectivity index (χ0n) is 21.5. The number of piperidine rings is 1. The highest BCUT2D eigenvalue weighted by Crippen LogP contribution is 2.46. The van der Waals surface area contributed by atoms with Gasteiger partial charge in [-0.3, -0.25) is 0 Å². The number of carbonyl (C=O) groups is 1. The van der Waals surface area contributed by atoms with E-state index in [1.165, 1.54) is 18.3 Å². The predicted molar refractivity (Wildman–Crippen MR) is 138 cm³/mol. The van der Waals surface area contributed by atoms with Crippen LogP contribution in [0.2, 0.25) is 0 Å². The van der Waals surface area contributed by atoms with Gasteiger partial charge in [-0.15, -0.1) is 13.2 Å². The second-order valence-electron chi connectivity index (χ2n) is 10.8. The minimum atomic E-state index is -4.78. The number of pyridine rings is 1. The second kappa shape index (κ2) is 9.89. The number of hydrogen-bond donors (Lipinski definition) is 2. The van der Waals surface area contributed by atoms with Crippen molar-refractivity contribution in [3.05, 3.63) is 65.1 Å². The van der Waals surface area contributed by atoms with E-state index in [-0.39, 0.29) is 29.5 Å². The number of nitrogens with zero attached hydrogens (tertiary/aromatic N) is 2. The van der Waals surface area contributed by atoms with Crippen LogP contribution in [0, 0.1) is 6.92 Å². The number of nitrogens with one attached hydrogen (secondary N) is 1. The van der Waals surface area contributed by atoms with Crippen molar-refractivity contribution < 1.29 is 32.5 Å².